The highest BCUT2D eigenvalue weighted by Gasteiger charge is 2.19. The molecule has 0 aliphatic carbocycles. The molecular weight excluding hydrogens is 925 g/mol. The molecule has 0 spiro atoms. The summed E-state index contributed by atoms with van der Waals surface area (Å²) in [6, 6.07) is 0. The van der Waals surface area contributed by atoms with Crippen LogP contribution in [0.25, 0.3) is 0 Å². The van der Waals surface area contributed by atoms with Crippen molar-refractivity contribution in [3.63, 3.8) is 0 Å². The third-order valence-electron chi connectivity index (χ3n) is 13.0. The Hall–Kier alpha value is -4.19. The van der Waals surface area contributed by atoms with Gasteiger partial charge in [-0.15, -0.1) is 0 Å². The summed E-state index contributed by atoms with van der Waals surface area (Å²) in [7, 11) is 0. The number of rotatable bonds is 55. The molecule has 0 radical (unpaired) electrons. The van der Waals surface area contributed by atoms with E-state index in [1.54, 1.807) is 0 Å². The Kier molecular flexibility index (Phi) is 58.9. The van der Waals surface area contributed by atoms with Crippen LogP contribution in [0.15, 0.2) is 122 Å². The second-order valence-electron chi connectivity index (χ2n) is 20.2. The summed E-state index contributed by atoms with van der Waals surface area (Å²) in [6.07, 6.45) is 86.3. The molecule has 0 fully saturated rings. The maximum absolute atomic E-state index is 12.9. The standard InChI is InChI=1S/C69H114O6/c1-4-7-10-13-16-19-22-25-27-29-30-31-32-33-34-35-36-37-38-39-40-41-43-44-47-50-53-56-59-62-68(71)74-65-66(64-73-67(70)61-58-55-52-49-46-24-21-18-15-12-9-6-3)75-69(72)63-60-57-54-51-48-45-42-28-26-23-20-17-14-11-8-5-2/h7,10,16,18-19,21,25,27,30-31,33-34,36-37,39-40,43-44,50,53,66H,4-6,8-9,11-15,17,20,22-24,26,28-29,32,35,38,41-42,45-49,51-52,54-65H2,1-3H3/b10-7-,19-16-,21-18-,27-25-,31-30-,34-33-,37-36-,40-39-,44-43-,53-50-. The maximum atomic E-state index is 12.9. The Bertz CT molecular complexity index is 1570. The maximum Gasteiger partial charge on any atom is 0.306 e. The molecule has 6 nitrogen and oxygen atoms in total. The SMILES string of the molecule is CC/C=C\C/C=C\C/C=C\C/C=C\C/C=C\C/C=C\C/C=C\C/C=C\C/C=C\CCCC(=O)OCC(COC(=O)CCCCCCC/C=C\CCCCC)OC(=O)CCCCCCCCCCCCCCCCCC. The molecule has 0 aliphatic heterocycles. The molecule has 1 unspecified atom stereocenters. The van der Waals surface area contributed by atoms with Gasteiger partial charge in [0.25, 0.3) is 0 Å². The Balaban J connectivity index is 4.41. The van der Waals surface area contributed by atoms with Crippen molar-refractivity contribution in [2.45, 2.75) is 284 Å². The fourth-order valence-corrected chi connectivity index (χ4v) is 8.32. The summed E-state index contributed by atoms with van der Waals surface area (Å²) in [5, 5.41) is 0. The summed E-state index contributed by atoms with van der Waals surface area (Å²) >= 11 is 0. The van der Waals surface area contributed by atoms with E-state index in [1.165, 1.54) is 116 Å². The molecule has 6 heteroatoms. The van der Waals surface area contributed by atoms with E-state index in [1.807, 2.05) is 0 Å². The lowest BCUT2D eigenvalue weighted by atomic mass is 10.0. The molecule has 0 N–H and O–H groups in total. The number of esters is 3. The predicted molar refractivity (Wildman–Crippen MR) is 325 cm³/mol. The lowest BCUT2D eigenvalue weighted by Gasteiger charge is -2.18. The van der Waals surface area contributed by atoms with Crippen LogP contribution < -0.4 is 0 Å². The summed E-state index contributed by atoms with van der Waals surface area (Å²) in [5.41, 5.74) is 0. The van der Waals surface area contributed by atoms with E-state index in [-0.39, 0.29) is 37.5 Å². The number of hydrogen-bond acceptors (Lipinski definition) is 6. The Morgan fingerprint density at radius 2 is 0.533 bits per heavy atom. The average Bonchev–Trinajstić information content (AvgIpc) is 3.41. The number of hydrogen-bond donors (Lipinski definition) is 0. The second kappa shape index (κ2) is 62.4. The van der Waals surface area contributed by atoms with E-state index in [9.17, 15) is 14.4 Å². The van der Waals surface area contributed by atoms with Gasteiger partial charge in [-0.2, -0.15) is 0 Å². The summed E-state index contributed by atoms with van der Waals surface area (Å²) in [5.74, 6) is -0.967. The molecule has 0 aromatic rings. The fourth-order valence-electron chi connectivity index (χ4n) is 8.32. The van der Waals surface area contributed by atoms with Gasteiger partial charge < -0.3 is 14.2 Å². The molecule has 0 saturated carbocycles. The van der Waals surface area contributed by atoms with Crippen molar-refractivity contribution in [2.24, 2.45) is 0 Å². The number of carbonyl (C=O) groups excluding carboxylic acids is 3. The lowest BCUT2D eigenvalue weighted by molar-refractivity contribution is -0.167. The van der Waals surface area contributed by atoms with E-state index >= 15 is 0 Å². The predicted octanol–water partition coefficient (Wildman–Crippen LogP) is 21.2. The van der Waals surface area contributed by atoms with Crippen LogP contribution in [-0.4, -0.2) is 37.2 Å². The van der Waals surface area contributed by atoms with Crippen LogP contribution >= 0.6 is 0 Å². The molecule has 1 atom stereocenters. The molecule has 0 amide bonds. The van der Waals surface area contributed by atoms with Gasteiger partial charge >= 0.3 is 17.9 Å². The Morgan fingerprint density at radius 3 is 0.907 bits per heavy atom. The number of allylic oxidation sites excluding steroid dienone is 20. The van der Waals surface area contributed by atoms with Gasteiger partial charge in [-0.1, -0.05) is 271 Å². The second-order valence-corrected chi connectivity index (χ2v) is 20.2. The summed E-state index contributed by atoms with van der Waals surface area (Å²) < 4.78 is 16.8. The Morgan fingerprint density at radius 1 is 0.280 bits per heavy atom. The zero-order valence-electron chi connectivity index (χ0n) is 48.8. The molecule has 0 saturated heterocycles. The molecule has 75 heavy (non-hydrogen) atoms. The molecule has 426 valence electrons. The van der Waals surface area contributed by atoms with Crippen molar-refractivity contribution < 1.29 is 28.6 Å². The third kappa shape index (κ3) is 60.6. The highest BCUT2D eigenvalue weighted by atomic mass is 16.6. The van der Waals surface area contributed by atoms with Crippen LogP contribution in [0.2, 0.25) is 0 Å². The normalized spacial score (nSPS) is 12.9. The zero-order chi connectivity index (χ0) is 54.3. The van der Waals surface area contributed by atoms with Crippen LogP contribution in [0.1, 0.15) is 278 Å². The van der Waals surface area contributed by atoms with Gasteiger partial charge in [0.1, 0.15) is 13.2 Å². The van der Waals surface area contributed by atoms with Gasteiger partial charge in [0, 0.05) is 19.3 Å². The van der Waals surface area contributed by atoms with E-state index in [4.69, 9.17) is 14.2 Å². The molecule has 0 aromatic heterocycles. The fraction of sp³-hybridized carbons (Fsp3) is 0.667. The van der Waals surface area contributed by atoms with Gasteiger partial charge in [-0.3, -0.25) is 14.4 Å². The topological polar surface area (TPSA) is 78.9 Å². The smallest absolute Gasteiger partial charge is 0.306 e. The van der Waals surface area contributed by atoms with E-state index < -0.39 is 6.10 Å². The van der Waals surface area contributed by atoms with Gasteiger partial charge in [-0.05, 0) is 109 Å². The van der Waals surface area contributed by atoms with Crippen molar-refractivity contribution >= 4 is 17.9 Å². The molecule has 0 bridgehead atoms. The van der Waals surface area contributed by atoms with Crippen LogP contribution in [0, 0.1) is 0 Å². The molecule has 0 aliphatic rings. The van der Waals surface area contributed by atoms with Crippen LogP contribution in [0.4, 0.5) is 0 Å². The minimum atomic E-state index is -0.806. The first-order valence-corrected chi connectivity index (χ1v) is 31.0. The van der Waals surface area contributed by atoms with Crippen LogP contribution in [0.3, 0.4) is 0 Å². The van der Waals surface area contributed by atoms with Crippen LogP contribution in [-0.2, 0) is 28.6 Å². The molecule has 0 rings (SSSR count). The molecule has 0 heterocycles. The van der Waals surface area contributed by atoms with Crippen LogP contribution in [0.5, 0.6) is 0 Å². The van der Waals surface area contributed by atoms with Gasteiger partial charge in [-0.25, -0.2) is 0 Å². The quantitative estimate of drug-likeness (QED) is 0.0261. The van der Waals surface area contributed by atoms with Gasteiger partial charge in [0.15, 0.2) is 6.10 Å². The van der Waals surface area contributed by atoms with E-state index in [2.05, 4.69) is 142 Å². The van der Waals surface area contributed by atoms with E-state index in [0.29, 0.717) is 19.3 Å². The number of ether oxygens (including phenoxy) is 3. The molecular formula is C69H114O6. The number of carbonyl (C=O) groups is 3. The highest BCUT2D eigenvalue weighted by Crippen LogP contribution is 2.16. The highest BCUT2D eigenvalue weighted by molar-refractivity contribution is 5.71. The van der Waals surface area contributed by atoms with E-state index in [0.717, 1.165) is 116 Å². The van der Waals surface area contributed by atoms with Crippen molar-refractivity contribution in [1.29, 1.82) is 0 Å². The van der Waals surface area contributed by atoms with Crippen molar-refractivity contribution in [2.75, 3.05) is 13.2 Å². The number of unbranched alkanes of at least 4 members (excludes halogenated alkanes) is 24. The first-order valence-electron chi connectivity index (χ1n) is 31.0. The largest absolute Gasteiger partial charge is 0.462 e. The average molecular weight is 1040 g/mol. The summed E-state index contributed by atoms with van der Waals surface area (Å²) in [4.78, 5) is 38.2. The van der Waals surface area contributed by atoms with Crippen molar-refractivity contribution in [1.82, 2.24) is 0 Å². The van der Waals surface area contributed by atoms with Gasteiger partial charge in [0.2, 0.25) is 0 Å². The minimum Gasteiger partial charge on any atom is -0.462 e. The van der Waals surface area contributed by atoms with Crippen molar-refractivity contribution in [3.8, 4) is 0 Å². The monoisotopic (exact) mass is 1040 g/mol. The third-order valence-corrected chi connectivity index (χ3v) is 13.0. The minimum absolute atomic E-state index is 0.100. The Labute approximate surface area is 462 Å². The first kappa shape index (κ1) is 70.8. The van der Waals surface area contributed by atoms with Crippen molar-refractivity contribution in [3.05, 3.63) is 122 Å². The van der Waals surface area contributed by atoms with Gasteiger partial charge in [0.05, 0.1) is 0 Å². The zero-order valence-corrected chi connectivity index (χ0v) is 48.8. The summed E-state index contributed by atoms with van der Waals surface area (Å²) in [6.45, 7) is 6.46. The molecule has 0 aromatic carbocycles. The first-order chi connectivity index (χ1) is 37.0. The lowest BCUT2D eigenvalue weighted by Crippen LogP contribution is -2.30.